The first kappa shape index (κ1) is 22.2. The van der Waals surface area contributed by atoms with E-state index < -0.39 is 17.4 Å². The monoisotopic (exact) mass is 467 g/mol. The third kappa shape index (κ3) is 4.77. The fourth-order valence-corrected chi connectivity index (χ4v) is 4.22. The van der Waals surface area contributed by atoms with Crippen LogP contribution in [-0.4, -0.2) is 47.1 Å². The minimum absolute atomic E-state index is 0.255. The highest BCUT2D eigenvalue weighted by Gasteiger charge is 2.14. The Bertz CT molecular complexity index is 1430. The van der Waals surface area contributed by atoms with Crippen LogP contribution < -0.4 is 25.7 Å². The Hall–Kier alpha value is -3.99. The Morgan fingerprint density at radius 2 is 1.82 bits per heavy atom. The normalized spacial score (nSPS) is 10.9. The molecule has 2 aromatic heterocycles. The topological polar surface area (TPSA) is 124 Å². The first-order valence-electron chi connectivity index (χ1n) is 9.93. The van der Waals surface area contributed by atoms with Gasteiger partial charge in [0.1, 0.15) is 6.54 Å². The SMILES string of the molecule is COc1cc2ncn(CC(=O)NCC(=O)Nc3nc4ccc(C)cc4s3)c(=O)c2cc1OC. The molecule has 2 amide bonds. The number of anilines is 1. The van der Waals surface area contributed by atoms with Crippen molar-refractivity contribution in [3.63, 3.8) is 0 Å². The van der Waals surface area contributed by atoms with Crippen LogP contribution >= 0.6 is 11.3 Å². The first-order valence-corrected chi connectivity index (χ1v) is 10.7. The van der Waals surface area contributed by atoms with Crippen molar-refractivity contribution >= 4 is 49.4 Å². The lowest BCUT2D eigenvalue weighted by Crippen LogP contribution is -2.37. The maximum atomic E-state index is 12.8. The third-order valence-corrected chi connectivity index (χ3v) is 5.81. The average Bonchev–Trinajstić information content (AvgIpc) is 3.20. The number of aromatic nitrogens is 3. The Labute approximate surface area is 192 Å². The maximum Gasteiger partial charge on any atom is 0.261 e. The van der Waals surface area contributed by atoms with Gasteiger partial charge in [0, 0.05) is 6.07 Å². The summed E-state index contributed by atoms with van der Waals surface area (Å²) in [5.41, 5.74) is 1.90. The van der Waals surface area contributed by atoms with Crippen LogP contribution in [0, 0.1) is 6.92 Å². The van der Waals surface area contributed by atoms with E-state index in [0.717, 1.165) is 20.3 Å². The molecule has 0 fully saturated rings. The van der Waals surface area contributed by atoms with Crippen LogP contribution in [0.15, 0.2) is 41.5 Å². The molecular formula is C22H21N5O5S. The second-order valence-corrected chi connectivity index (χ2v) is 8.25. The van der Waals surface area contributed by atoms with Crippen LogP contribution in [0.25, 0.3) is 21.1 Å². The molecule has 0 atom stereocenters. The number of carbonyl (C=O) groups is 2. The maximum absolute atomic E-state index is 12.8. The van der Waals surface area contributed by atoms with E-state index in [9.17, 15) is 14.4 Å². The molecule has 11 heteroatoms. The van der Waals surface area contributed by atoms with Crippen molar-refractivity contribution in [3.8, 4) is 11.5 Å². The van der Waals surface area contributed by atoms with Crippen LogP contribution in [-0.2, 0) is 16.1 Å². The molecule has 0 bridgehead atoms. The molecule has 0 aliphatic carbocycles. The van der Waals surface area contributed by atoms with Crippen molar-refractivity contribution in [3.05, 3.63) is 52.6 Å². The zero-order chi connectivity index (χ0) is 23.5. The number of carbonyl (C=O) groups excluding carboxylic acids is 2. The van der Waals surface area contributed by atoms with Crippen molar-refractivity contribution in [2.24, 2.45) is 0 Å². The van der Waals surface area contributed by atoms with Crippen LogP contribution in [0.2, 0.25) is 0 Å². The molecule has 2 aromatic carbocycles. The molecule has 2 N–H and O–H groups in total. The van der Waals surface area contributed by atoms with Gasteiger partial charge in [0.25, 0.3) is 5.56 Å². The van der Waals surface area contributed by atoms with Gasteiger partial charge >= 0.3 is 0 Å². The van der Waals surface area contributed by atoms with Crippen molar-refractivity contribution in [2.45, 2.75) is 13.5 Å². The second kappa shape index (κ2) is 9.25. The quantitative estimate of drug-likeness (QED) is 0.426. The second-order valence-electron chi connectivity index (χ2n) is 7.22. The molecule has 0 saturated heterocycles. The predicted octanol–water partition coefficient (Wildman–Crippen LogP) is 2.09. The van der Waals surface area contributed by atoms with Gasteiger partial charge < -0.3 is 20.1 Å². The van der Waals surface area contributed by atoms with E-state index in [1.165, 1.54) is 38.0 Å². The van der Waals surface area contributed by atoms with Gasteiger partial charge in [-0.1, -0.05) is 17.4 Å². The minimum atomic E-state index is -0.506. The van der Waals surface area contributed by atoms with Crippen molar-refractivity contribution in [1.29, 1.82) is 0 Å². The molecule has 4 rings (SSSR count). The van der Waals surface area contributed by atoms with Gasteiger partial charge in [-0.2, -0.15) is 0 Å². The van der Waals surface area contributed by atoms with E-state index in [-0.39, 0.29) is 18.5 Å². The summed E-state index contributed by atoms with van der Waals surface area (Å²) in [5.74, 6) is -0.0943. The number of nitrogens with zero attached hydrogens (tertiary/aromatic N) is 3. The highest BCUT2D eigenvalue weighted by molar-refractivity contribution is 7.22. The van der Waals surface area contributed by atoms with E-state index in [1.54, 1.807) is 6.07 Å². The molecule has 10 nitrogen and oxygen atoms in total. The Balaban J connectivity index is 1.40. The number of ether oxygens (including phenoxy) is 2. The third-order valence-electron chi connectivity index (χ3n) is 4.88. The molecule has 2 heterocycles. The van der Waals surface area contributed by atoms with E-state index in [4.69, 9.17) is 9.47 Å². The predicted molar refractivity (Wildman–Crippen MR) is 125 cm³/mol. The van der Waals surface area contributed by atoms with E-state index in [1.807, 2.05) is 25.1 Å². The number of benzene rings is 2. The fraction of sp³-hybridized carbons (Fsp3) is 0.227. The number of rotatable bonds is 7. The summed E-state index contributed by atoms with van der Waals surface area (Å²) in [6.45, 7) is 1.44. The van der Waals surface area contributed by atoms with Gasteiger partial charge in [-0.05, 0) is 30.7 Å². The number of thiazole rings is 1. The van der Waals surface area contributed by atoms with Crippen molar-refractivity contribution < 1.29 is 19.1 Å². The highest BCUT2D eigenvalue weighted by atomic mass is 32.1. The zero-order valence-electron chi connectivity index (χ0n) is 18.2. The van der Waals surface area contributed by atoms with Crippen LogP contribution in [0.4, 0.5) is 5.13 Å². The zero-order valence-corrected chi connectivity index (χ0v) is 19.0. The number of hydrogen-bond donors (Lipinski definition) is 2. The van der Waals surface area contributed by atoms with Crippen LogP contribution in [0.3, 0.4) is 0 Å². The lowest BCUT2D eigenvalue weighted by molar-refractivity contribution is -0.124. The molecular weight excluding hydrogens is 446 g/mol. The minimum Gasteiger partial charge on any atom is -0.493 e. The van der Waals surface area contributed by atoms with Gasteiger partial charge in [-0.15, -0.1) is 0 Å². The molecule has 4 aromatic rings. The summed E-state index contributed by atoms with van der Waals surface area (Å²) < 4.78 is 12.6. The summed E-state index contributed by atoms with van der Waals surface area (Å²) >= 11 is 1.36. The molecule has 0 radical (unpaired) electrons. The van der Waals surface area contributed by atoms with E-state index in [0.29, 0.717) is 22.1 Å². The Kier molecular flexibility index (Phi) is 6.22. The summed E-state index contributed by atoms with van der Waals surface area (Å²) in [6.07, 6.45) is 1.28. The van der Waals surface area contributed by atoms with Gasteiger partial charge in [0.2, 0.25) is 11.8 Å². The van der Waals surface area contributed by atoms with Gasteiger partial charge in [-0.3, -0.25) is 19.0 Å². The first-order chi connectivity index (χ1) is 15.9. The standard InChI is InChI=1S/C22H21N5O5S/c1-12-4-5-14-18(6-12)33-22(25-14)26-19(28)9-23-20(29)10-27-11-24-15-8-17(32-3)16(31-2)7-13(15)21(27)30/h4-8,11H,9-10H2,1-3H3,(H,23,29)(H,25,26,28). The van der Waals surface area contributed by atoms with Crippen LogP contribution in [0.1, 0.15) is 5.56 Å². The van der Waals surface area contributed by atoms with Gasteiger partial charge in [0.05, 0.1) is 48.2 Å². The molecule has 0 aliphatic rings. The summed E-state index contributed by atoms with van der Waals surface area (Å²) in [4.78, 5) is 45.9. The summed E-state index contributed by atoms with van der Waals surface area (Å²) in [5, 5.41) is 5.92. The van der Waals surface area contributed by atoms with Crippen molar-refractivity contribution in [1.82, 2.24) is 19.9 Å². The van der Waals surface area contributed by atoms with Crippen molar-refractivity contribution in [2.75, 3.05) is 26.1 Å². The van der Waals surface area contributed by atoms with Crippen LogP contribution in [0.5, 0.6) is 11.5 Å². The number of amides is 2. The smallest absolute Gasteiger partial charge is 0.261 e. The van der Waals surface area contributed by atoms with Gasteiger partial charge in [0.15, 0.2) is 16.6 Å². The summed E-state index contributed by atoms with van der Waals surface area (Å²) in [6, 6.07) is 8.94. The number of hydrogen-bond acceptors (Lipinski definition) is 8. The van der Waals surface area contributed by atoms with E-state index in [2.05, 4.69) is 20.6 Å². The highest BCUT2D eigenvalue weighted by Crippen LogP contribution is 2.30. The van der Waals surface area contributed by atoms with Gasteiger partial charge in [-0.25, -0.2) is 9.97 Å². The number of nitrogens with one attached hydrogen (secondary N) is 2. The molecule has 0 unspecified atom stereocenters. The lowest BCUT2D eigenvalue weighted by Gasteiger charge is -2.10. The number of fused-ring (bicyclic) bond motifs is 2. The number of methoxy groups -OCH3 is 2. The Morgan fingerprint density at radius 1 is 1.06 bits per heavy atom. The molecule has 0 saturated carbocycles. The molecule has 170 valence electrons. The summed E-state index contributed by atoms with van der Waals surface area (Å²) in [7, 11) is 2.95. The van der Waals surface area contributed by atoms with E-state index >= 15 is 0 Å². The Morgan fingerprint density at radius 3 is 2.58 bits per heavy atom. The molecule has 33 heavy (non-hydrogen) atoms. The fourth-order valence-electron chi connectivity index (χ4n) is 3.24. The largest absolute Gasteiger partial charge is 0.493 e. The molecule has 0 spiro atoms. The lowest BCUT2D eigenvalue weighted by atomic mass is 10.2. The average molecular weight is 468 g/mol. The number of aryl methyl sites for hydroxylation is 1. The molecule has 0 aliphatic heterocycles.